The van der Waals surface area contributed by atoms with Crippen molar-refractivity contribution in [2.75, 3.05) is 80.6 Å². The summed E-state index contributed by atoms with van der Waals surface area (Å²) < 4.78 is 2.69. The van der Waals surface area contributed by atoms with E-state index in [-0.39, 0.29) is 5.34 Å². The van der Waals surface area contributed by atoms with Gasteiger partial charge in [-0.05, 0) is 57.1 Å². The third-order valence-corrected chi connectivity index (χ3v) is 7.42. The van der Waals surface area contributed by atoms with Crippen molar-refractivity contribution >= 4 is 55.0 Å². The van der Waals surface area contributed by atoms with Crippen molar-refractivity contribution in [3.05, 3.63) is 60.2 Å². The van der Waals surface area contributed by atoms with E-state index in [1.807, 2.05) is 0 Å². The zero-order valence-electron chi connectivity index (χ0n) is 25.7. The van der Waals surface area contributed by atoms with Crippen LogP contribution >= 0.6 is 36.0 Å². The Morgan fingerprint density at radius 1 is 0.659 bits per heavy atom. The molecule has 229 valence electrons. The molecule has 0 spiro atoms. The predicted octanol–water partition coefficient (Wildman–Crippen LogP) is 7.91. The normalized spacial score (nSPS) is 15.4. The second kappa shape index (κ2) is 25.3. The summed E-state index contributed by atoms with van der Waals surface area (Å²) in [5.41, 5.74) is 4.10. The van der Waals surface area contributed by atoms with Gasteiger partial charge < -0.3 is 9.80 Å². The van der Waals surface area contributed by atoms with E-state index in [1.165, 1.54) is 121 Å². The summed E-state index contributed by atoms with van der Waals surface area (Å²) in [7, 11) is 4.34. The molecule has 2 aromatic carbocycles. The maximum atomic E-state index is 4.76. The summed E-state index contributed by atoms with van der Waals surface area (Å²) >= 11 is 12.7. The number of rotatable bonds is 10. The van der Waals surface area contributed by atoms with Gasteiger partial charge >= 0.3 is 24.8 Å². The van der Waals surface area contributed by atoms with Crippen LogP contribution in [0.5, 0.6) is 0 Å². The molecule has 0 aliphatic carbocycles. The molecule has 9 heteroatoms. The summed E-state index contributed by atoms with van der Waals surface area (Å²) in [5.74, 6) is 0. The molecule has 2 heterocycles. The molecule has 5 nitrogen and oxygen atoms in total. The Balaban J connectivity index is 0.000000345. The third kappa shape index (κ3) is 17.5. The van der Waals surface area contributed by atoms with Crippen molar-refractivity contribution in [1.82, 2.24) is 9.80 Å². The van der Waals surface area contributed by atoms with Crippen molar-refractivity contribution in [2.45, 2.75) is 59.3 Å². The Hall–Kier alpha value is -1.25. The van der Waals surface area contributed by atoms with Gasteiger partial charge in [-0.3, -0.25) is 9.80 Å². The Morgan fingerprint density at radius 2 is 1.02 bits per heavy atom. The zero-order chi connectivity index (χ0) is 30.1. The van der Waals surface area contributed by atoms with Gasteiger partial charge in [-0.1, -0.05) is 75.4 Å². The number of piperazine rings is 2. The summed E-state index contributed by atoms with van der Waals surface area (Å²) in [6.07, 6.45) is 8.12. The van der Waals surface area contributed by atoms with Crippen LogP contribution in [0.3, 0.4) is 0 Å². The molecule has 2 aliphatic heterocycles. The van der Waals surface area contributed by atoms with E-state index in [4.69, 9.17) is 23.2 Å². The number of alkyl halides is 2. The maximum absolute atomic E-state index is 4.76. The summed E-state index contributed by atoms with van der Waals surface area (Å²) in [6, 6.07) is 19.7. The fourth-order valence-corrected chi connectivity index (χ4v) is 5.02. The molecular formula is C32H53BCl2N5S. The monoisotopic (exact) mass is 620 g/mol. The minimum absolute atomic E-state index is 0.194. The molecule has 0 bridgehead atoms. The molecule has 2 aliphatic rings. The topological polar surface area (TPSA) is 25.3 Å². The summed E-state index contributed by atoms with van der Waals surface area (Å²) in [4.78, 5) is 10.2. The summed E-state index contributed by atoms with van der Waals surface area (Å²) in [5, 5.41) is 0.194. The van der Waals surface area contributed by atoms with Crippen molar-refractivity contribution in [2.24, 2.45) is 4.30 Å². The van der Waals surface area contributed by atoms with Gasteiger partial charge in [0.05, 0.1) is 5.34 Å². The predicted molar refractivity (Wildman–Crippen MR) is 188 cm³/mol. The van der Waals surface area contributed by atoms with Gasteiger partial charge in [0.25, 0.3) is 0 Å². The summed E-state index contributed by atoms with van der Waals surface area (Å²) in [6.45, 7) is 18.9. The molecule has 0 aromatic heterocycles. The first-order chi connectivity index (χ1) is 20.0. The van der Waals surface area contributed by atoms with E-state index in [1.54, 1.807) is 0 Å². The SMILES string of the molecule is CCCCCN1CCN(c2ccc(C)cc2)CC1.CCCCCN1CCN(c2ccccc2)CC1.ClCCl.[B]=NS. The molecule has 0 unspecified atom stereocenters. The molecule has 0 N–H and O–H groups in total. The number of benzene rings is 2. The number of unbranched alkanes of at least 4 members (excludes halogenated alkanes) is 4. The van der Waals surface area contributed by atoms with Gasteiger partial charge in [0.15, 0.2) is 0 Å². The molecule has 2 fully saturated rings. The Morgan fingerprint density at radius 3 is 1.39 bits per heavy atom. The van der Waals surface area contributed by atoms with Gasteiger partial charge in [0.1, 0.15) is 0 Å². The molecule has 0 saturated carbocycles. The first kappa shape index (κ1) is 37.8. The van der Waals surface area contributed by atoms with Crippen molar-refractivity contribution < 1.29 is 0 Å². The second-order valence-corrected chi connectivity index (χ2v) is 11.5. The Kier molecular flexibility index (Phi) is 23.3. The van der Waals surface area contributed by atoms with Crippen LogP contribution in [-0.4, -0.2) is 88.2 Å². The van der Waals surface area contributed by atoms with Gasteiger partial charge in [-0.2, -0.15) is 0 Å². The fourth-order valence-electron chi connectivity index (χ4n) is 5.02. The van der Waals surface area contributed by atoms with E-state index in [0.717, 1.165) is 0 Å². The van der Waals surface area contributed by atoms with E-state index in [2.05, 4.69) is 120 Å². The van der Waals surface area contributed by atoms with Crippen LogP contribution in [0.2, 0.25) is 0 Å². The number of hydrogen-bond acceptors (Lipinski definition) is 6. The van der Waals surface area contributed by atoms with E-state index >= 15 is 0 Å². The molecule has 1 radical (unpaired) electrons. The number of nitrogens with zero attached hydrogens (tertiary/aromatic N) is 5. The van der Waals surface area contributed by atoms with Crippen LogP contribution in [-0.2, 0) is 0 Å². The molecule has 0 amide bonds. The second-order valence-electron chi connectivity index (χ2n) is 10.5. The molecule has 0 atom stereocenters. The number of hydrogen-bond donors (Lipinski definition) is 1. The number of anilines is 2. The number of aryl methyl sites for hydroxylation is 1. The van der Waals surface area contributed by atoms with Crippen molar-refractivity contribution in [3.63, 3.8) is 0 Å². The standard InChI is InChI=1S/C16H26N2.C15H24N2.CH2Cl2.BHNS/c1-3-4-5-10-17-11-13-18(14-12-17)16-8-6-15(2)7-9-16;1-2-3-7-10-16-11-13-17(14-12-16)15-8-5-4-6-9-15;2-1-3;1-2-3/h6-9H,3-5,10-14H2,1-2H3;4-6,8-9H,2-3,7,10-14H2,1H3;1H2;3H. The first-order valence-corrected chi connectivity index (χ1v) is 16.7. The Labute approximate surface area is 268 Å². The van der Waals surface area contributed by atoms with Crippen LogP contribution < -0.4 is 9.80 Å². The number of para-hydroxylation sites is 1. The van der Waals surface area contributed by atoms with E-state index < -0.39 is 0 Å². The number of thiol groups is 1. The number of halogens is 2. The van der Waals surface area contributed by atoms with Gasteiger partial charge in [-0.15, -0.1) is 23.2 Å². The Bertz CT molecular complexity index is 862. The molecule has 2 saturated heterocycles. The van der Waals surface area contributed by atoms with Crippen LogP contribution in [0, 0.1) is 6.92 Å². The fraction of sp³-hybridized carbons (Fsp3) is 0.625. The molecule has 2 aromatic rings. The van der Waals surface area contributed by atoms with Gasteiger partial charge in [0.2, 0.25) is 0 Å². The first-order valence-electron chi connectivity index (χ1n) is 15.2. The third-order valence-electron chi connectivity index (χ3n) is 7.42. The zero-order valence-corrected chi connectivity index (χ0v) is 28.1. The van der Waals surface area contributed by atoms with Crippen molar-refractivity contribution in [3.8, 4) is 0 Å². The van der Waals surface area contributed by atoms with E-state index in [0.29, 0.717) is 0 Å². The molecule has 4 rings (SSSR count). The minimum atomic E-state index is 0.194. The van der Waals surface area contributed by atoms with Crippen LogP contribution in [0.15, 0.2) is 58.9 Å². The van der Waals surface area contributed by atoms with Gasteiger partial charge in [0, 0.05) is 63.7 Å². The van der Waals surface area contributed by atoms with Crippen LogP contribution in [0.25, 0.3) is 0 Å². The van der Waals surface area contributed by atoms with Gasteiger partial charge in [-0.25, -0.2) is 0 Å². The quantitative estimate of drug-likeness (QED) is 0.126. The molecule has 41 heavy (non-hydrogen) atoms. The van der Waals surface area contributed by atoms with Crippen LogP contribution in [0.4, 0.5) is 11.4 Å². The average Bonchev–Trinajstić information content (AvgIpc) is 3.00. The van der Waals surface area contributed by atoms with Crippen molar-refractivity contribution in [1.29, 1.82) is 0 Å². The van der Waals surface area contributed by atoms with Crippen LogP contribution in [0.1, 0.15) is 57.9 Å². The molecular weight excluding hydrogens is 568 g/mol. The van der Waals surface area contributed by atoms with E-state index in [9.17, 15) is 0 Å². The average molecular weight is 622 g/mol.